The summed E-state index contributed by atoms with van der Waals surface area (Å²) < 4.78 is 26.8. The molecule has 7 heteroatoms. The minimum atomic E-state index is -3.31. The van der Waals surface area contributed by atoms with E-state index in [-0.39, 0.29) is 17.7 Å². The van der Waals surface area contributed by atoms with Gasteiger partial charge in [-0.15, -0.1) is 0 Å². The lowest BCUT2D eigenvalue weighted by Gasteiger charge is -2.37. The van der Waals surface area contributed by atoms with Gasteiger partial charge < -0.3 is 4.90 Å². The van der Waals surface area contributed by atoms with Crippen LogP contribution < -0.4 is 0 Å². The van der Waals surface area contributed by atoms with Gasteiger partial charge in [0.05, 0.1) is 11.8 Å². The summed E-state index contributed by atoms with van der Waals surface area (Å²) in [5.41, 5.74) is 0.808. The van der Waals surface area contributed by atoms with Crippen LogP contribution in [0.1, 0.15) is 25.3 Å². The molecule has 3 rings (SSSR count). The zero-order valence-electron chi connectivity index (χ0n) is 14.8. The molecule has 0 N–H and O–H groups in total. The highest BCUT2D eigenvalue weighted by Gasteiger charge is 2.33. The van der Waals surface area contributed by atoms with Gasteiger partial charge in [-0.3, -0.25) is 9.69 Å². The van der Waals surface area contributed by atoms with E-state index in [1.54, 1.807) is 4.31 Å². The minimum absolute atomic E-state index is 0.0378. The maximum atomic E-state index is 12.6. The second-order valence-corrected chi connectivity index (χ2v) is 8.85. The van der Waals surface area contributed by atoms with Gasteiger partial charge in [0.15, 0.2) is 0 Å². The maximum absolute atomic E-state index is 12.6. The standard InChI is InChI=1S/C18H27N3O3S/c1-16(18(22)20-9-5-6-10-20)19-11-13-21(14-12-19)25(23,24)15-17-7-3-2-4-8-17/h2-4,7-8,16H,5-6,9-15H2,1H3/t16-/m0/s1. The van der Waals surface area contributed by atoms with Gasteiger partial charge in [-0.05, 0) is 25.3 Å². The van der Waals surface area contributed by atoms with E-state index in [0.717, 1.165) is 31.5 Å². The molecule has 2 aliphatic rings. The maximum Gasteiger partial charge on any atom is 0.239 e. The van der Waals surface area contributed by atoms with E-state index in [9.17, 15) is 13.2 Å². The van der Waals surface area contributed by atoms with E-state index in [0.29, 0.717) is 26.2 Å². The molecule has 0 aliphatic carbocycles. The number of rotatable bonds is 5. The molecule has 0 aromatic heterocycles. The van der Waals surface area contributed by atoms with Crippen LogP contribution in [0.15, 0.2) is 30.3 Å². The van der Waals surface area contributed by atoms with Crippen LogP contribution in [-0.2, 0) is 20.6 Å². The highest BCUT2D eigenvalue weighted by Crippen LogP contribution is 2.17. The lowest BCUT2D eigenvalue weighted by Crippen LogP contribution is -2.55. The van der Waals surface area contributed by atoms with Gasteiger partial charge in [-0.1, -0.05) is 30.3 Å². The van der Waals surface area contributed by atoms with Crippen LogP contribution in [0.3, 0.4) is 0 Å². The van der Waals surface area contributed by atoms with Crippen molar-refractivity contribution in [2.24, 2.45) is 0 Å². The summed E-state index contributed by atoms with van der Waals surface area (Å²) in [6.45, 7) is 5.76. The molecule has 0 unspecified atom stereocenters. The molecule has 2 heterocycles. The van der Waals surface area contributed by atoms with Crippen molar-refractivity contribution in [1.29, 1.82) is 0 Å². The third-order valence-corrected chi connectivity index (χ3v) is 7.03. The van der Waals surface area contributed by atoms with Gasteiger partial charge in [0.2, 0.25) is 15.9 Å². The summed E-state index contributed by atoms with van der Waals surface area (Å²) in [6, 6.07) is 9.10. The predicted molar refractivity (Wildman–Crippen MR) is 97.5 cm³/mol. The van der Waals surface area contributed by atoms with Crippen LogP contribution in [0.2, 0.25) is 0 Å². The zero-order chi connectivity index (χ0) is 17.9. The SMILES string of the molecule is C[C@@H](C(=O)N1CCCC1)N1CCN(S(=O)(=O)Cc2ccccc2)CC1. The molecule has 0 saturated carbocycles. The molecule has 2 saturated heterocycles. The van der Waals surface area contributed by atoms with Gasteiger partial charge in [0, 0.05) is 39.3 Å². The van der Waals surface area contributed by atoms with Crippen molar-refractivity contribution in [3.8, 4) is 0 Å². The second kappa shape index (κ2) is 7.85. The lowest BCUT2D eigenvalue weighted by molar-refractivity contribution is -0.135. The Morgan fingerprint density at radius 1 is 1.00 bits per heavy atom. The summed E-state index contributed by atoms with van der Waals surface area (Å²) in [5, 5.41) is 0. The second-order valence-electron chi connectivity index (χ2n) is 6.89. The third kappa shape index (κ3) is 4.40. The number of carbonyl (C=O) groups excluding carboxylic acids is 1. The molecule has 2 aliphatic heterocycles. The van der Waals surface area contributed by atoms with Gasteiger partial charge in [0.25, 0.3) is 0 Å². The van der Waals surface area contributed by atoms with E-state index < -0.39 is 10.0 Å². The highest BCUT2D eigenvalue weighted by molar-refractivity contribution is 7.88. The Bertz CT molecular complexity index is 679. The molecular weight excluding hydrogens is 338 g/mol. The smallest absolute Gasteiger partial charge is 0.239 e. The molecule has 0 radical (unpaired) electrons. The Hall–Kier alpha value is -1.44. The summed E-state index contributed by atoms with van der Waals surface area (Å²) >= 11 is 0. The Labute approximate surface area is 150 Å². The molecule has 1 amide bonds. The quantitative estimate of drug-likeness (QED) is 0.785. The largest absolute Gasteiger partial charge is 0.341 e. The average molecular weight is 365 g/mol. The first-order valence-corrected chi connectivity index (χ1v) is 10.6. The molecule has 1 atom stereocenters. The first kappa shape index (κ1) is 18.4. The fourth-order valence-electron chi connectivity index (χ4n) is 3.60. The van der Waals surface area contributed by atoms with Crippen LogP contribution >= 0.6 is 0 Å². The number of hydrogen-bond donors (Lipinski definition) is 0. The summed E-state index contributed by atoms with van der Waals surface area (Å²) in [4.78, 5) is 16.6. The Morgan fingerprint density at radius 2 is 1.60 bits per heavy atom. The number of sulfonamides is 1. The minimum Gasteiger partial charge on any atom is -0.341 e. The van der Waals surface area contributed by atoms with Crippen molar-refractivity contribution >= 4 is 15.9 Å². The molecule has 138 valence electrons. The number of hydrogen-bond acceptors (Lipinski definition) is 4. The van der Waals surface area contributed by atoms with E-state index >= 15 is 0 Å². The van der Waals surface area contributed by atoms with Gasteiger partial charge in [0.1, 0.15) is 0 Å². The first-order chi connectivity index (χ1) is 12.0. The molecule has 0 bridgehead atoms. The van der Waals surface area contributed by atoms with E-state index in [1.807, 2.05) is 42.2 Å². The van der Waals surface area contributed by atoms with Crippen molar-refractivity contribution in [3.63, 3.8) is 0 Å². The number of nitrogens with zero attached hydrogens (tertiary/aromatic N) is 3. The van der Waals surface area contributed by atoms with Crippen LogP contribution in [0, 0.1) is 0 Å². The van der Waals surface area contributed by atoms with Crippen molar-refractivity contribution in [2.75, 3.05) is 39.3 Å². The Morgan fingerprint density at radius 3 is 2.20 bits per heavy atom. The molecule has 25 heavy (non-hydrogen) atoms. The molecule has 0 spiro atoms. The Kier molecular flexibility index (Phi) is 5.76. The number of piperazine rings is 1. The fraction of sp³-hybridized carbons (Fsp3) is 0.611. The Balaban J connectivity index is 1.55. The topological polar surface area (TPSA) is 60.9 Å². The molecule has 1 aromatic carbocycles. The van der Waals surface area contributed by atoms with Crippen molar-refractivity contribution in [3.05, 3.63) is 35.9 Å². The van der Waals surface area contributed by atoms with E-state index in [1.165, 1.54) is 0 Å². The predicted octanol–water partition coefficient (Wildman–Crippen LogP) is 1.14. The summed E-state index contributed by atoms with van der Waals surface area (Å²) in [7, 11) is -3.31. The highest BCUT2D eigenvalue weighted by atomic mass is 32.2. The van der Waals surface area contributed by atoms with Crippen LogP contribution in [0.4, 0.5) is 0 Å². The van der Waals surface area contributed by atoms with Gasteiger partial charge in [-0.25, -0.2) is 8.42 Å². The molecule has 1 aromatic rings. The molecular formula is C18H27N3O3S. The monoisotopic (exact) mass is 365 g/mol. The first-order valence-electron chi connectivity index (χ1n) is 9.02. The van der Waals surface area contributed by atoms with Crippen molar-refractivity contribution in [2.45, 2.75) is 31.6 Å². The molecule has 6 nitrogen and oxygen atoms in total. The van der Waals surface area contributed by atoms with Gasteiger partial charge >= 0.3 is 0 Å². The van der Waals surface area contributed by atoms with Crippen molar-refractivity contribution < 1.29 is 13.2 Å². The summed E-state index contributed by atoms with van der Waals surface area (Å²) in [6.07, 6.45) is 2.17. The lowest BCUT2D eigenvalue weighted by atomic mass is 10.2. The normalized spacial score (nSPS) is 21.4. The number of benzene rings is 1. The summed E-state index contributed by atoms with van der Waals surface area (Å²) in [5.74, 6) is 0.217. The zero-order valence-corrected chi connectivity index (χ0v) is 15.6. The van der Waals surface area contributed by atoms with Crippen LogP contribution in [0.5, 0.6) is 0 Å². The van der Waals surface area contributed by atoms with Crippen molar-refractivity contribution in [1.82, 2.24) is 14.1 Å². The fourth-order valence-corrected chi connectivity index (χ4v) is 5.12. The van der Waals surface area contributed by atoms with Gasteiger partial charge in [-0.2, -0.15) is 4.31 Å². The van der Waals surface area contributed by atoms with Crippen LogP contribution in [-0.4, -0.2) is 73.7 Å². The average Bonchev–Trinajstić information content (AvgIpc) is 3.16. The van der Waals surface area contributed by atoms with E-state index in [2.05, 4.69) is 4.90 Å². The molecule has 2 fully saturated rings. The number of likely N-dealkylation sites (tertiary alicyclic amines) is 1. The third-order valence-electron chi connectivity index (χ3n) is 5.18. The van der Waals surface area contributed by atoms with Crippen LogP contribution in [0.25, 0.3) is 0 Å². The number of amides is 1. The number of carbonyl (C=O) groups is 1. The van der Waals surface area contributed by atoms with E-state index in [4.69, 9.17) is 0 Å².